The summed E-state index contributed by atoms with van der Waals surface area (Å²) in [4.78, 5) is 12.8. The molecule has 0 radical (unpaired) electrons. The average Bonchev–Trinajstić information content (AvgIpc) is 3.27. The van der Waals surface area contributed by atoms with Crippen molar-refractivity contribution >= 4 is 33.2 Å². The molecule has 0 spiro atoms. The second-order valence-electron chi connectivity index (χ2n) is 7.04. The Bertz CT molecular complexity index is 1190. The number of benzene rings is 2. The summed E-state index contributed by atoms with van der Waals surface area (Å²) in [6, 6.07) is 12.2. The van der Waals surface area contributed by atoms with Gasteiger partial charge in [-0.25, -0.2) is 13.1 Å². The number of anilines is 1. The molecule has 0 aliphatic heterocycles. The molecule has 3 rings (SSSR count). The van der Waals surface area contributed by atoms with Crippen LogP contribution in [-0.2, 0) is 16.6 Å². The zero-order valence-electron chi connectivity index (χ0n) is 17.7. The quantitative estimate of drug-likeness (QED) is 0.470. The van der Waals surface area contributed by atoms with Gasteiger partial charge in [0.05, 0.1) is 35.9 Å². The first-order valence-corrected chi connectivity index (χ1v) is 11.5. The van der Waals surface area contributed by atoms with Crippen molar-refractivity contribution in [3.05, 3.63) is 71.1 Å². The number of furan rings is 1. The molecule has 8 nitrogen and oxygen atoms in total. The van der Waals surface area contributed by atoms with Gasteiger partial charge in [-0.3, -0.25) is 4.79 Å². The van der Waals surface area contributed by atoms with Gasteiger partial charge in [0.2, 0.25) is 10.0 Å². The Kier molecular flexibility index (Phi) is 7.44. The number of carbonyl (C=O) groups excluding carboxylic acids is 1. The van der Waals surface area contributed by atoms with Crippen molar-refractivity contribution in [1.82, 2.24) is 4.72 Å². The van der Waals surface area contributed by atoms with E-state index in [1.165, 1.54) is 43.7 Å². The summed E-state index contributed by atoms with van der Waals surface area (Å²) in [5, 5.41) is 2.90. The number of halogens is 1. The van der Waals surface area contributed by atoms with E-state index in [-0.39, 0.29) is 28.1 Å². The summed E-state index contributed by atoms with van der Waals surface area (Å²) in [6.07, 6.45) is 1.33. The highest BCUT2D eigenvalue weighted by molar-refractivity contribution is 7.89. The van der Waals surface area contributed by atoms with Crippen LogP contribution < -0.4 is 19.5 Å². The molecule has 1 heterocycles. The molecule has 2 N–H and O–H groups in total. The number of carbonyl (C=O) groups is 1. The largest absolute Gasteiger partial charge is 0.493 e. The van der Waals surface area contributed by atoms with E-state index in [2.05, 4.69) is 10.0 Å². The Morgan fingerprint density at radius 3 is 2.59 bits per heavy atom. The third kappa shape index (κ3) is 5.82. The van der Waals surface area contributed by atoms with Gasteiger partial charge >= 0.3 is 0 Å². The van der Waals surface area contributed by atoms with Crippen molar-refractivity contribution in [2.24, 2.45) is 0 Å². The Labute approximate surface area is 191 Å². The molecule has 1 amide bonds. The van der Waals surface area contributed by atoms with Gasteiger partial charge in [-0.2, -0.15) is 0 Å². The molecule has 0 aliphatic rings. The Morgan fingerprint density at radius 2 is 1.94 bits per heavy atom. The van der Waals surface area contributed by atoms with Gasteiger partial charge in [-0.05, 0) is 56.3 Å². The van der Waals surface area contributed by atoms with E-state index in [0.717, 1.165) is 0 Å². The smallest absolute Gasteiger partial charge is 0.255 e. The monoisotopic (exact) mass is 478 g/mol. The molecule has 0 saturated carbocycles. The van der Waals surface area contributed by atoms with Crippen LogP contribution in [0.2, 0.25) is 5.02 Å². The summed E-state index contributed by atoms with van der Waals surface area (Å²) >= 11 is 6.29. The number of nitrogens with one attached hydrogen (secondary N) is 2. The number of hydrogen-bond acceptors (Lipinski definition) is 6. The number of methoxy groups -OCH3 is 1. The lowest BCUT2D eigenvalue weighted by Gasteiger charge is -2.16. The van der Waals surface area contributed by atoms with Crippen LogP contribution in [0.15, 0.2) is 64.1 Å². The summed E-state index contributed by atoms with van der Waals surface area (Å²) in [7, 11) is -2.36. The standard InChI is InChI=1S/C22H23ClN2O6S/c1-14(2)31-21-19(23)10-15(11-20(21)29-3)22(26)25-16-6-4-8-18(12-16)32(27,28)24-13-17-7-5-9-30-17/h4-12,14,24H,13H2,1-3H3,(H,25,26). The molecule has 32 heavy (non-hydrogen) atoms. The number of hydrogen-bond donors (Lipinski definition) is 2. The molecule has 0 fully saturated rings. The molecule has 0 aliphatic carbocycles. The number of sulfonamides is 1. The first kappa shape index (κ1) is 23.6. The number of rotatable bonds is 9. The Balaban J connectivity index is 1.78. The third-order valence-corrected chi connectivity index (χ3v) is 5.94. The van der Waals surface area contributed by atoms with E-state index >= 15 is 0 Å². The topological polar surface area (TPSA) is 107 Å². The predicted octanol–water partition coefficient (Wildman–Crippen LogP) is 4.46. The van der Waals surface area contributed by atoms with Crippen LogP contribution in [0.25, 0.3) is 0 Å². The molecular weight excluding hydrogens is 456 g/mol. The van der Waals surface area contributed by atoms with Crippen molar-refractivity contribution in [3.63, 3.8) is 0 Å². The minimum atomic E-state index is -3.81. The van der Waals surface area contributed by atoms with Crippen LogP contribution in [0.1, 0.15) is 30.0 Å². The van der Waals surface area contributed by atoms with Crippen LogP contribution in [0, 0.1) is 0 Å². The highest BCUT2D eigenvalue weighted by atomic mass is 35.5. The van der Waals surface area contributed by atoms with Crippen LogP contribution in [0.4, 0.5) is 5.69 Å². The molecule has 2 aromatic carbocycles. The van der Waals surface area contributed by atoms with E-state index in [9.17, 15) is 13.2 Å². The van der Waals surface area contributed by atoms with Crippen molar-refractivity contribution < 1.29 is 27.1 Å². The fraction of sp³-hybridized carbons (Fsp3) is 0.227. The van der Waals surface area contributed by atoms with Gasteiger partial charge < -0.3 is 19.2 Å². The molecule has 0 saturated heterocycles. The van der Waals surface area contributed by atoms with Gasteiger partial charge in [0, 0.05) is 11.3 Å². The van der Waals surface area contributed by atoms with Crippen LogP contribution >= 0.6 is 11.6 Å². The number of ether oxygens (including phenoxy) is 2. The van der Waals surface area contributed by atoms with Crippen molar-refractivity contribution in [1.29, 1.82) is 0 Å². The van der Waals surface area contributed by atoms with E-state index in [4.69, 9.17) is 25.5 Å². The highest BCUT2D eigenvalue weighted by Crippen LogP contribution is 2.37. The van der Waals surface area contributed by atoms with E-state index < -0.39 is 15.9 Å². The lowest BCUT2D eigenvalue weighted by atomic mass is 10.1. The van der Waals surface area contributed by atoms with E-state index in [0.29, 0.717) is 22.9 Å². The fourth-order valence-electron chi connectivity index (χ4n) is 2.81. The second-order valence-corrected chi connectivity index (χ2v) is 9.22. The fourth-order valence-corrected chi connectivity index (χ4v) is 4.10. The molecule has 0 unspecified atom stereocenters. The van der Waals surface area contributed by atoms with Crippen molar-refractivity contribution in [2.75, 3.05) is 12.4 Å². The van der Waals surface area contributed by atoms with E-state index in [1.807, 2.05) is 13.8 Å². The zero-order chi connectivity index (χ0) is 23.3. The minimum Gasteiger partial charge on any atom is -0.493 e. The lowest BCUT2D eigenvalue weighted by molar-refractivity contribution is 0.102. The molecular formula is C22H23ClN2O6S. The molecule has 0 bridgehead atoms. The maximum absolute atomic E-state index is 12.8. The van der Waals surface area contributed by atoms with Crippen LogP contribution in [0.5, 0.6) is 11.5 Å². The average molecular weight is 479 g/mol. The molecule has 1 aromatic heterocycles. The Hall–Kier alpha value is -3.01. The van der Waals surface area contributed by atoms with Gasteiger partial charge in [0.15, 0.2) is 11.5 Å². The second kappa shape index (κ2) is 10.1. The van der Waals surface area contributed by atoms with Crippen LogP contribution in [0.3, 0.4) is 0 Å². The van der Waals surface area contributed by atoms with Gasteiger partial charge in [-0.1, -0.05) is 17.7 Å². The summed E-state index contributed by atoms with van der Waals surface area (Å²) in [6.45, 7) is 3.71. The van der Waals surface area contributed by atoms with Crippen molar-refractivity contribution in [2.45, 2.75) is 31.4 Å². The maximum atomic E-state index is 12.8. The van der Waals surface area contributed by atoms with E-state index in [1.54, 1.807) is 18.2 Å². The van der Waals surface area contributed by atoms with Crippen molar-refractivity contribution in [3.8, 4) is 11.5 Å². The molecule has 10 heteroatoms. The highest BCUT2D eigenvalue weighted by Gasteiger charge is 2.19. The molecule has 3 aromatic rings. The first-order chi connectivity index (χ1) is 15.2. The SMILES string of the molecule is COc1cc(C(=O)Nc2cccc(S(=O)(=O)NCc3ccco3)c2)cc(Cl)c1OC(C)C. The zero-order valence-corrected chi connectivity index (χ0v) is 19.3. The summed E-state index contributed by atoms with van der Waals surface area (Å²) in [5.41, 5.74) is 0.528. The normalized spacial score (nSPS) is 11.4. The van der Waals surface area contributed by atoms with Gasteiger partial charge in [-0.15, -0.1) is 0 Å². The first-order valence-electron chi connectivity index (χ1n) is 9.67. The molecule has 0 atom stereocenters. The van der Waals surface area contributed by atoms with Gasteiger partial charge in [0.25, 0.3) is 5.91 Å². The minimum absolute atomic E-state index is 0.00171. The van der Waals surface area contributed by atoms with Gasteiger partial charge in [0.1, 0.15) is 5.76 Å². The lowest BCUT2D eigenvalue weighted by Crippen LogP contribution is -2.23. The maximum Gasteiger partial charge on any atom is 0.255 e. The molecule has 170 valence electrons. The Morgan fingerprint density at radius 1 is 1.16 bits per heavy atom. The summed E-state index contributed by atoms with van der Waals surface area (Å²) in [5.74, 6) is 0.652. The third-order valence-electron chi connectivity index (χ3n) is 4.26. The number of amides is 1. The summed E-state index contributed by atoms with van der Waals surface area (Å²) < 4.78 is 43.7. The predicted molar refractivity (Wildman–Crippen MR) is 121 cm³/mol. The van der Waals surface area contributed by atoms with Crippen LogP contribution in [-0.4, -0.2) is 27.5 Å².